The van der Waals surface area contributed by atoms with E-state index in [0.717, 1.165) is 4.47 Å². The normalized spacial score (nSPS) is 11.0. The van der Waals surface area contributed by atoms with E-state index in [4.69, 9.17) is 0 Å². The van der Waals surface area contributed by atoms with E-state index >= 15 is 0 Å². The standard InChI is InChI=1S/C18H14BrN3O3S/c19-14-5-9-17(10-6-14)26(24,25)22-15-7-3-13(4-8-15)18(23)21-16-2-1-11-20-12-16/h1-12,22H,(H,21,23). The fourth-order valence-electron chi connectivity index (χ4n) is 2.16. The molecule has 0 saturated heterocycles. The lowest BCUT2D eigenvalue weighted by Crippen LogP contribution is -2.14. The number of hydrogen-bond donors (Lipinski definition) is 2. The van der Waals surface area contributed by atoms with Gasteiger partial charge in [0.05, 0.1) is 16.8 Å². The summed E-state index contributed by atoms with van der Waals surface area (Å²) in [4.78, 5) is 16.3. The average Bonchev–Trinajstić information content (AvgIpc) is 2.63. The molecule has 0 aliphatic heterocycles. The highest BCUT2D eigenvalue weighted by Crippen LogP contribution is 2.19. The first-order valence-corrected chi connectivity index (χ1v) is 9.81. The minimum absolute atomic E-state index is 0.152. The summed E-state index contributed by atoms with van der Waals surface area (Å²) in [5, 5.41) is 2.71. The van der Waals surface area contributed by atoms with Crippen LogP contribution in [0.3, 0.4) is 0 Å². The van der Waals surface area contributed by atoms with Gasteiger partial charge in [-0.1, -0.05) is 15.9 Å². The number of halogens is 1. The van der Waals surface area contributed by atoms with Gasteiger partial charge < -0.3 is 5.32 Å². The van der Waals surface area contributed by atoms with Crippen LogP contribution in [0.15, 0.2) is 82.4 Å². The number of sulfonamides is 1. The molecule has 2 aromatic carbocycles. The maximum atomic E-state index is 12.4. The van der Waals surface area contributed by atoms with Gasteiger partial charge >= 0.3 is 0 Å². The quantitative estimate of drug-likeness (QED) is 0.640. The zero-order valence-electron chi connectivity index (χ0n) is 13.4. The molecule has 0 fully saturated rings. The number of amides is 1. The molecule has 0 atom stereocenters. The highest BCUT2D eigenvalue weighted by atomic mass is 79.9. The van der Waals surface area contributed by atoms with E-state index < -0.39 is 10.0 Å². The van der Waals surface area contributed by atoms with Crippen LogP contribution in [-0.2, 0) is 10.0 Å². The van der Waals surface area contributed by atoms with Crippen molar-refractivity contribution < 1.29 is 13.2 Å². The van der Waals surface area contributed by atoms with E-state index in [1.54, 1.807) is 48.8 Å². The third kappa shape index (κ3) is 4.47. The Morgan fingerprint density at radius 2 is 1.62 bits per heavy atom. The molecule has 26 heavy (non-hydrogen) atoms. The van der Waals surface area contributed by atoms with Crippen LogP contribution in [0.25, 0.3) is 0 Å². The number of anilines is 2. The Hall–Kier alpha value is -2.71. The van der Waals surface area contributed by atoms with Gasteiger partial charge in [0, 0.05) is 21.9 Å². The average molecular weight is 432 g/mol. The predicted molar refractivity (Wildman–Crippen MR) is 104 cm³/mol. The van der Waals surface area contributed by atoms with Gasteiger partial charge in [-0.15, -0.1) is 0 Å². The van der Waals surface area contributed by atoms with Gasteiger partial charge in [0.1, 0.15) is 0 Å². The zero-order valence-corrected chi connectivity index (χ0v) is 15.8. The molecule has 8 heteroatoms. The van der Waals surface area contributed by atoms with E-state index in [1.807, 2.05) is 0 Å². The summed E-state index contributed by atoms with van der Waals surface area (Å²) in [6.45, 7) is 0. The molecule has 1 amide bonds. The Morgan fingerprint density at radius 3 is 2.23 bits per heavy atom. The molecule has 0 saturated carbocycles. The van der Waals surface area contributed by atoms with Crippen LogP contribution >= 0.6 is 15.9 Å². The lowest BCUT2D eigenvalue weighted by molar-refractivity contribution is 0.102. The lowest BCUT2D eigenvalue weighted by Gasteiger charge is -2.09. The molecule has 0 aliphatic carbocycles. The molecule has 3 rings (SSSR count). The van der Waals surface area contributed by atoms with Crippen LogP contribution < -0.4 is 10.0 Å². The Kier molecular flexibility index (Phi) is 5.34. The molecule has 1 heterocycles. The van der Waals surface area contributed by atoms with Gasteiger partial charge in [-0.05, 0) is 60.7 Å². The SMILES string of the molecule is O=C(Nc1cccnc1)c1ccc(NS(=O)(=O)c2ccc(Br)cc2)cc1. The van der Waals surface area contributed by atoms with E-state index in [1.165, 1.54) is 24.3 Å². The molecule has 2 N–H and O–H groups in total. The lowest BCUT2D eigenvalue weighted by atomic mass is 10.2. The summed E-state index contributed by atoms with van der Waals surface area (Å²) in [5.74, 6) is -0.305. The van der Waals surface area contributed by atoms with Crippen LogP contribution in [-0.4, -0.2) is 19.3 Å². The van der Waals surface area contributed by atoms with E-state index in [0.29, 0.717) is 16.9 Å². The van der Waals surface area contributed by atoms with E-state index in [9.17, 15) is 13.2 Å². The second kappa shape index (κ2) is 7.67. The number of rotatable bonds is 5. The van der Waals surface area contributed by atoms with E-state index in [-0.39, 0.29) is 10.8 Å². The van der Waals surface area contributed by atoms with Crippen LogP contribution in [0.1, 0.15) is 10.4 Å². The van der Waals surface area contributed by atoms with Gasteiger partial charge in [0.2, 0.25) is 0 Å². The molecule has 6 nitrogen and oxygen atoms in total. The first kappa shape index (κ1) is 18.1. The number of carbonyl (C=O) groups is 1. The van der Waals surface area contributed by atoms with Crippen LogP contribution in [0.2, 0.25) is 0 Å². The second-order valence-electron chi connectivity index (χ2n) is 5.33. The number of nitrogens with one attached hydrogen (secondary N) is 2. The molecular weight excluding hydrogens is 418 g/mol. The van der Waals surface area contributed by atoms with E-state index in [2.05, 4.69) is 31.0 Å². The highest BCUT2D eigenvalue weighted by molar-refractivity contribution is 9.10. The summed E-state index contributed by atoms with van der Waals surface area (Å²) < 4.78 is 28.0. The minimum Gasteiger partial charge on any atom is -0.321 e. The topological polar surface area (TPSA) is 88.2 Å². The van der Waals surface area contributed by atoms with Gasteiger partial charge in [-0.2, -0.15) is 0 Å². The molecule has 3 aromatic rings. The Morgan fingerprint density at radius 1 is 0.923 bits per heavy atom. The molecule has 0 radical (unpaired) electrons. The monoisotopic (exact) mass is 431 g/mol. The van der Waals surface area contributed by atoms with Crippen molar-refractivity contribution in [3.63, 3.8) is 0 Å². The smallest absolute Gasteiger partial charge is 0.261 e. The van der Waals surface area contributed by atoms with Crippen LogP contribution in [0.5, 0.6) is 0 Å². The van der Waals surface area contributed by atoms with Crippen molar-refractivity contribution in [2.24, 2.45) is 0 Å². The van der Waals surface area contributed by atoms with Gasteiger partial charge in [0.25, 0.3) is 15.9 Å². The van der Waals surface area contributed by atoms with Crippen LogP contribution in [0, 0.1) is 0 Å². The molecular formula is C18H14BrN3O3S. The molecule has 0 spiro atoms. The van der Waals surface area contributed by atoms with Crippen molar-refractivity contribution in [1.29, 1.82) is 0 Å². The maximum Gasteiger partial charge on any atom is 0.261 e. The van der Waals surface area contributed by atoms with Crippen molar-refractivity contribution >= 4 is 43.2 Å². The number of nitrogens with zero attached hydrogens (tertiary/aromatic N) is 1. The first-order valence-electron chi connectivity index (χ1n) is 7.54. The number of benzene rings is 2. The fraction of sp³-hybridized carbons (Fsp3) is 0. The van der Waals surface area contributed by atoms with Crippen molar-refractivity contribution in [3.8, 4) is 0 Å². The second-order valence-corrected chi connectivity index (χ2v) is 7.93. The van der Waals surface area contributed by atoms with Gasteiger partial charge in [-0.3, -0.25) is 14.5 Å². The molecule has 132 valence electrons. The third-order valence-electron chi connectivity index (χ3n) is 3.44. The van der Waals surface area contributed by atoms with Gasteiger partial charge in [-0.25, -0.2) is 8.42 Å². The van der Waals surface area contributed by atoms with Crippen molar-refractivity contribution in [3.05, 3.63) is 83.1 Å². The van der Waals surface area contributed by atoms with Crippen molar-refractivity contribution in [1.82, 2.24) is 4.98 Å². The summed E-state index contributed by atoms with van der Waals surface area (Å²) in [6, 6.07) is 15.9. The Balaban J connectivity index is 1.71. The number of pyridine rings is 1. The summed E-state index contributed by atoms with van der Waals surface area (Å²) in [7, 11) is -3.69. The Bertz CT molecular complexity index is 1010. The minimum atomic E-state index is -3.69. The molecule has 1 aromatic heterocycles. The van der Waals surface area contributed by atoms with Crippen molar-refractivity contribution in [2.75, 3.05) is 10.0 Å². The first-order chi connectivity index (χ1) is 12.4. The molecule has 0 aliphatic rings. The predicted octanol–water partition coefficient (Wildman–Crippen LogP) is 3.90. The molecule has 0 unspecified atom stereocenters. The Labute approximate surface area is 159 Å². The summed E-state index contributed by atoms with van der Waals surface area (Å²) in [6.07, 6.45) is 3.15. The van der Waals surface area contributed by atoms with Crippen molar-refractivity contribution in [2.45, 2.75) is 4.90 Å². The third-order valence-corrected chi connectivity index (χ3v) is 5.37. The molecule has 0 bridgehead atoms. The number of carbonyl (C=O) groups excluding carboxylic acids is 1. The maximum absolute atomic E-state index is 12.4. The highest BCUT2D eigenvalue weighted by Gasteiger charge is 2.14. The zero-order chi connectivity index (χ0) is 18.6. The number of aromatic nitrogens is 1. The fourth-order valence-corrected chi connectivity index (χ4v) is 3.48. The summed E-state index contributed by atoms with van der Waals surface area (Å²) in [5.41, 5.74) is 1.35. The number of hydrogen-bond acceptors (Lipinski definition) is 4. The summed E-state index contributed by atoms with van der Waals surface area (Å²) >= 11 is 3.27. The van der Waals surface area contributed by atoms with Gasteiger partial charge in [0.15, 0.2) is 0 Å². The van der Waals surface area contributed by atoms with Crippen LogP contribution in [0.4, 0.5) is 11.4 Å². The largest absolute Gasteiger partial charge is 0.321 e.